The van der Waals surface area contributed by atoms with Gasteiger partial charge in [-0.25, -0.2) is 0 Å². The molecule has 0 unspecified atom stereocenters. The minimum absolute atomic E-state index is 0.0771. The van der Waals surface area contributed by atoms with Gasteiger partial charge in [0, 0.05) is 13.1 Å². The molecular weight excluding hydrogens is 222 g/mol. The van der Waals surface area contributed by atoms with Gasteiger partial charge in [0.15, 0.2) is 0 Å². The van der Waals surface area contributed by atoms with Gasteiger partial charge in [-0.15, -0.1) is 11.6 Å². The van der Waals surface area contributed by atoms with Gasteiger partial charge in [-0.05, 0) is 37.2 Å². The zero-order valence-corrected chi connectivity index (χ0v) is 10.2. The van der Waals surface area contributed by atoms with Gasteiger partial charge in [-0.2, -0.15) is 0 Å². The number of nitrogens with zero attached hydrogens (tertiary/aromatic N) is 1. The lowest BCUT2D eigenvalue weighted by molar-refractivity contribution is -0.129. The molecule has 0 bridgehead atoms. The smallest absolute Gasteiger partial charge is 0.237 e. The molecule has 0 radical (unpaired) electrons. The fourth-order valence-corrected chi connectivity index (χ4v) is 2.65. The second-order valence-corrected chi connectivity index (χ2v) is 4.74. The quantitative estimate of drug-likeness (QED) is 0.679. The van der Waals surface area contributed by atoms with Crippen molar-refractivity contribution >= 4 is 17.5 Å². The van der Waals surface area contributed by atoms with Crippen LogP contribution in [0.2, 0.25) is 0 Å². The van der Waals surface area contributed by atoms with Crippen LogP contribution in [-0.2, 0) is 4.79 Å². The van der Waals surface area contributed by atoms with Crippen LogP contribution in [0.25, 0.3) is 0 Å². The Morgan fingerprint density at radius 2 is 2.12 bits per heavy atom. The number of halogens is 1. The molecule has 1 aliphatic heterocycles. The molecule has 0 atom stereocenters. The van der Waals surface area contributed by atoms with Crippen molar-refractivity contribution in [1.82, 2.24) is 4.90 Å². The molecule has 1 heterocycles. The van der Waals surface area contributed by atoms with Crippen molar-refractivity contribution in [2.75, 3.05) is 19.0 Å². The van der Waals surface area contributed by atoms with Gasteiger partial charge < -0.3 is 4.90 Å². The molecule has 2 rings (SSSR count). The van der Waals surface area contributed by atoms with E-state index >= 15 is 0 Å². The maximum Gasteiger partial charge on any atom is 0.237 e. The van der Waals surface area contributed by atoms with Crippen molar-refractivity contribution < 1.29 is 4.79 Å². The largest absolute Gasteiger partial charge is 0.342 e. The Balaban J connectivity index is 1.87. The first-order chi connectivity index (χ1) is 7.81. The summed E-state index contributed by atoms with van der Waals surface area (Å²) in [4.78, 5) is 13.3. The molecule has 1 fully saturated rings. The van der Waals surface area contributed by atoms with Crippen molar-refractivity contribution in [3.63, 3.8) is 0 Å². The summed E-state index contributed by atoms with van der Waals surface area (Å²) in [5.74, 6) is 0.844. The topological polar surface area (TPSA) is 20.3 Å². The third-order valence-corrected chi connectivity index (χ3v) is 3.69. The van der Waals surface area contributed by atoms with Crippen molar-refractivity contribution in [3.8, 4) is 0 Å². The zero-order chi connectivity index (χ0) is 11.4. The van der Waals surface area contributed by atoms with E-state index in [0.29, 0.717) is 5.92 Å². The number of carbonyl (C=O) groups is 1. The summed E-state index contributed by atoms with van der Waals surface area (Å²) >= 11 is 5.56. The fourth-order valence-electron chi connectivity index (χ4n) is 2.48. The highest BCUT2D eigenvalue weighted by Crippen LogP contribution is 2.28. The molecule has 2 aliphatic rings. The van der Waals surface area contributed by atoms with Crippen LogP contribution in [0.1, 0.15) is 25.7 Å². The van der Waals surface area contributed by atoms with E-state index in [0.717, 1.165) is 25.9 Å². The van der Waals surface area contributed by atoms with Gasteiger partial charge in [0.05, 0.1) is 0 Å². The minimum atomic E-state index is 0.0771. The molecule has 0 spiro atoms. The molecule has 88 valence electrons. The number of hydrogen-bond donors (Lipinski definition) is 0. The van der Waals surface area contributed by atoms with E-state index in [1.165, 1.54) is 18.4 Å². The molecule has 2 nitrogen and oxygen atoms in total. The van der Waals surface area contributed by atoms with Crippen LogP contribution in [-0.4, -0.2) is 29.8 Å². The molecule has 1 amide bonds. The van der Waals surface area contributed by atoms with E-state index in [2.05, 4.69) is 18.2 Å². The SMILES string of the molecule is O=C(CCl)N1CCC(C2=CCCC=C2)CC1. The van der Waals surface area contributed by atoms with Crippen molar-refractivity contribution in [2.24, 2.45) is 5.92 Å². The third kappa shape index (κ3) is 2.67. The Kier molecular flexibility index (Phi) is 4.05. The summed E-state index contributed by atoms with van der Waals surface area (Å²) in [5.41, 5.74) is 1.48. The lowest BCUT2D eigenvalue weighted by Gasteiger charge is -2.32. The second-order valence-electron chi connectivity index (χ2n) is 4.47. The Labute approximate surface area is 102 Å². The Morgan fingerprint density at radius 1 is 1.38 bits per heavy atom. The Morgan fingerprint density at radius 3 is 2.69 bits per heavy atom. The predicted octanol–water partition coefficient (Wildman–Crippen LogP) is 2.74. The first kappa shape index (κ1) is 11.7. The van der Waals surface area contributed by atoms with Crippen LogP contribution in [0, 0.1) is 5.92 Å². The van der Waals surface area contributed by atoms with Crippen LogP contribution in [0.3, 0.4) is 0 Å². The van der Waals surface area contributed by atoms with E-state index in [1.807, 2.05) is 4.90 Å². The predicted molar refractivity (Wildman–Crippen MR) is 66.5 cm³/mol. The monoisotopic (exact) mass is 239 g/mol. The van der Waals surface area contributed by atoms with Crippen LogP contribution < -0.4 is 0 Å². The lowest BCUT2D eigenvalue weighted by Crippen LogP contribution is -2.39. The minimum Gasteiger partial charge on any atom is -0.342 e. The van der Waals surface area contributed by atoms with Crippen molar-refractivity contribution in [1.29, 1.82) is 0 Å². The average Bonchev–Trinajstić information content (AvgIpc) is 2.39. The molecular formula is C13H18ClNO. The van der Waals surface area contributed by atoms with Gasteiger partial charge in [0.2, 0.25) is 5.91 Å². The van der Waals surface area contributed by atoms with Crippen LogP contribution in [0.5, 0.6) is 0 Å². The Hall–Kier alpha value is -0.760. The van der Waals surface area contributed by atoms with Crippen LogP contribution >= 0.6 is 11.6 Å². The van der Waals surface area contributed by atoms with Gasteiger partial charge in [0.1, 0.15) is 5.88 Å². The summed E-state index contributed by atoms with van der Waals surface area (Å²) < 4.78 is 0. The first-order valence-electron chi connectivity index (χ1n) is 6.01. The summed E-state index contributed by atoms with van der Waals surface area (Å²) in [5, 5.41) is 0. The highest BCUT2D eigenvalue weighted by molar-refractivity contribution is 6.27. The first-order valence-corrected chi connectivity index (χ1v) is 6.55. The molecule has 0 aromatic carbocycles. The summed E-state index contributed by atoms with van der Waals surface area (Å²) in [6.45, 7) is 1.72. The number of allylic oxidation sites excluding steroid dienone is 4. The zero-order valence-electron chi connectivity index (χ0n) is 9.49. The van der Waals surface area contributed by atoms with E-state index in [-0.39, 0.29) is 11.8 Å². The fraction of sp³-hybridized carbons (Fsp3) is 0.615. The summed E-state index contributed by atoms with van der Waals surface area (Å²) in [7, 11) is 0. The van der Waals surface area contributed by atoms with Gasteiger partial charge in [-0.1, -0.05) is 18.2 Å². The average molecular weight is 240 g/mol. The van der Waals surface area contributed by atoms with Crippen LogP contribution in [0.4, 0.5) is 0 Å². The molecule has 16 heavy (non-hydrogen) atoms. The highest BCUT2D eigenvalue weighted by atomic mass is 35.5. The van der Waals surface area contributed by atoms with Crippen LogP contribution in [0.15, 0.2) is 23.8 Å². The molecule has 1 aliphatic carbocycles. The van der Waals surface area contributed by atoms with E-state index in [1.54, 1.807) is 0 Å². The maximum atomic E-state index is 11.4. The van der Waals surface area contributed by atoms with E-state index in [9.17, 15) is 4.79 Å². The summed E-state index contributed by atoms with van der Waals surface area (Å²) in [6, 6.07) is 0. The second kappa shape index (κ2) is 5.53. The molecule has 0 saturated carbocycles. The standard InChI is InChI=1S/C13H18ClNO/c14-10-13(16)15-8-6-12(7-9-15)11-4-2-1-3-5-11/h2,4-5,12H,1,3,6-10H2. The van der Waals surface area contributed by atoms with E-state index < -0.39 is 0 Å². The number of rotatable bonds is 2. The number of likely N-dealkylation sites (tertiary alicyclic amines) is 1. The Bertz CT molecular complexity index is 314. The number of hydrogen-bond acceptors (Lipinski definition) is 1. The van der Waals surface area contributed by atoms with Gasteiger partial charge in [-0.3, -0.25) is 4.79 Å². The number of piperidine rings is 1. The van der Waals surface area contributed by atoms with E-state index in [4.69, 9.17) is 11.6 Å². The number of carbonyl (C=O) groups excluding carboxylic acids is 1. The molecule has 3 heteroatoms. The van der Waals surface area contributed by atoms with Crippen molar-refractivity contribution in [2.45, 2.75) is 25.7 Å². The number of amides is 1. The molecule has 0 N–H and O–H groups in total. The molecule has 1 saturated heterocycles. The van der Waals surface area contributed by atoms with Crippen molar-refractivity contribution in [3.05, 3.63) is 23.8 Å². The molecule has 0 aromatic heterocycles. The highest BCUT2D eigenvalue weighted by Gasteiger charge is 2.23. The maximum absolute atomic E-state index is 11.4. The third-order valence-electron chi connectivity index (χ3n) is 3.46. The lowest BCUT2D eigenvalue weighted by atomic mass is 9.86. The number of alkyl halides is 1. The molecule has 0 aromatic rings. The van der Waals surface area contributed by atoms with Gasteiger partial charge >= 0.3 is 0 Å². The normalized spacial score (nSPS) is 22.1. The summed E-state index contributed by atoms with van der Waals surface area (Å²) in [6.07, 6.45) is 11.4. The van der Waals surface area contributed by atoms with Gasteiger partial charge in [0.25, 0.3) is 0 Å².